The molecule has 1 aliphatic carbocycles. The number of aryl methyl sites for hydroxylation is 1. The van der Waals surface area contributed by atoms with E-state index in [0.717, 1.165) is 32.4 Å². The van der Waals surface area contributed by atoms with E-state index in [9.17, 15) is 4.79 Å². The average Bonchev–Trinajstić information content (AvgIpc) is 2.91. The van der Waals surface area contributed by atoms with E-state index in [1.165, 1.54) is 5.56 Å². The average molecular weight is 299 g/mol. The molecule has 3 heterocycles. The maximum atomic E-state index is 12.8. The summed E-state index contributed by atoms with van der Waals surface area (Å²) in [6, 6.07) is 2.23. The molecule has 0 radical (unpaired) electrons. The highest BCUT2D eigenvalue weighted by Gasteiger charge is 2.48. The summed E-state index contributed by atoms with van der Waals surface area (Å²) < 4.78 is 3.74. The molecule has 2 aliphatic rings. The first-order valence-electron chi connectivity index (χ1n) is 7.99. The summed E-state index contributed by atoms with van der Waals surface area (Å²) in [5, 5.41) is 8.48. The molecular formula is C16H21N5O. The van der Waals surface area contributed by atoms with Gasteiger partial charge in [0, 0.05) is 38.1 Å². The fourth-order valence-electron chi connectivity index (χ4n) is 3.62. The number of hydrogen-bond donors (Lipinski definition) is 0. The highest BCUT2D eigenvalue weighted by Crippen LogP contribution is 2.49. The highest BCUT2D eigenvalue weighted by molar-refractivity contribution is 5.83. The molecule has 2 aromatic heterocycles. The van der Waals surface area contributed by atoms with Crippen LogP contribution in [0.5, 0.6) is 0 Å². The standard InChI is InChI=1S/C16H21N5O/c1-19-10-12(9-18-19)14-8-15(14)16(22)21-7-2-4-13(21)11-20-6-3-5-17-20/h3,5-6,9-10,13-15H,2,4,7-8,11H2,1H3/t13-,14+,15-/m1/s1. The van der Waals surface area contributed by atoms with E-state index < -0.39 is 0 Å². The number of hydrogen-bond acceptors (Lipinski definition) is 3. The zero-order valence-corrected chi connectivity index (χ0v) is 12.8. The molecule has 6 heteroatoms. The largest absolute Gasteiger partial charge is 0.338 e. The molecule has 1 amide bonds. The molecule has 4 rings (SSSR count). The van der Waals surface area contributed by atoms with Crippen LogP contribution in [0, 0.1) is 5.92 Å². The second kappa shape index (κ2) is 5.26. The Labute approximate surface area is 129 Å². The Kier molecular flexibility index (Phi) is 3.24. The Morgan fingerprint density at radius 2 is 2.32 bits per heavy atom. The van der Waals surface area contributed by atoms with Crippen molar-refractivity contribution in [1.29, 1.82) is 0 Å². The maximum absolute atomic E-state index is 12.8. The topological polar surface area (TPSA) is 56.0 Å². The number of amides is 1. The van der Waals surface area contributed by atoms with Crippen molar-refractivity contribution in [3.05, 3.63) is 36.4 Å². The predicted molar refractivity (Wildman–Crippen MR) is 81.0 cm³/mol. The van der Waals surface area contributed by atoms with Crippen molar-refractivity contribution in [3.63, 3.8) is 0 Å². The van der Waals surface area contributed by atoms with Gasteiger partial charge in [-0.1, -0.05) is 0 Å². The zero-order valence-electron chi connectivity index (χ0n) is 12.8. The Morgan fingerprint density at radius 3 is 3.05 bits per heavy atom. The normalized spacial score (nSPS) is 27.3. The molecule has 0 unspecified atom stereocenters. The Morgan fingerprint density at radius 1 is 1.41 bits per heavy atom. The van der Waals surface area contributed by atoms with Gasteiger partial charge in [-0.05, 0) is 36.8 Å². The number of nitrogens with zero attached hydrogens (tertiary/aromatic N) is 5. The van der Waals surface area contributed by atoms with Crippen LogP contribution in [0.25, 0.3) is 0 Å². The minimum absolute atomic E-state index is 0.155. The van der Waals surface area contributed by atoms with Crippen LogP contribution in [0.15, 0.2) is 30.9 Å². The smallest absolute Gasteiger partial charge is 0.226 e. The summed E-state index contributed by atoms with van der Waals surface area (Å²) in [7, 11) is 1.92. The summed E-state index contributed by atoms with van der Waals surface area (Å²) in [6.07, 6.45) is 10.8. The summed E-state index contributed by atoms with van der Waals surface area (Å²) in [4.78, 5) is 14.9. The van der Waals surface area contributed by atoms with Crippen molar-refractivity contribution in [3.8, 4) is 0 Å². The lowest BCUT2D eigenvalue weighted by atomic mass is 10.1. The molecule has 2 fully saturated rings. The molecule has 116 valence electrons. The van der Waals surface area contributed by atoms with Crippen molar-refractivity contribution in [2.45, 2.75) is 37.8 Å². The molecule has 22 heavy (non-hydrogen) atoms. The Balaban J connectivity index is 1.42. The number of carbonyl (C=O) groups excluding carboxylic acids is 1. The van der Waals surface area contributed by atoms with E-state index in [4.69, 9.17) is 0 Å². The molecule has 1 saturated carbocycles. The van der Waals surface area contributed by atoms with Crippen LogP contribution in [-0.2, 0) is 18.4 Å². The van der Waals surface area contributed by atoms with Crippen molar-refractivity contribution >= 4 is 5.91 Å². The van der Waals surface area contributed by atoms with E-state index in [-0.39, 0.29) is 5.92 Å². The fraction of sp³-hybridized carbons (Fsp3) is 0.562. The molecule has 0 aromatic carbocycles. The first kappa shape index (κ1) is 13.5. The van der Waals surface area contributed by atoms with Crippen molar-refractivity contribution < 1.29 is 4.79 Å². The quantitative estimate of drug-likeness (QED) is 0.858. The summed E-state index contributed by atoms with van der Waals surface area (Å²) in [5.74, 6) is 0.845. The second-order valence-corrected chi connectivity index (χ2v) is 6.45. The van der Waals surface area contributed by atoms with Gasteiger partial charge in [-0.25, -0.2) is 0 Å². The van der Waals surface area contributed by atoms with Crippen LogP contribution in [0.1, 0.15) is 30.7 Å². The summed E-state index contributed by atoms with van der Waals surface area (Å²) in [6.45, 7) is 1.70. The lowest BCUT2D eigenvalue weighted by molar-refractivity contribution is -0.133. The van der Waals surface area contributed by atoms with Gasteiger partial charge in [0.05, 0.1) is 18.8 Å². The number of carbonyl (C=O) groups is 1. The maximum Gasteiger partial charge on any atom is 0.226 e. The number of aromatic nitrogens is 4. The van der Waals surface area contributed by atoms with Gasteiger partial charge in [0.25, 0.3) is 0 Å². The number of likely N-dealkylation sites (tertiary alicyclic amines) is 1. The van der Waals surface area contributed by atoms with Crippen LogP contribution in [0.3, 0.4) is 0 Å². The van der Waals surface area contributed by atoms with Gasteiger partial charge in [0.1, 0.15) is 0 Å². The molecule has 1 saturated heterocycles. The van der Waals surface area contributed by atoms with Crippen molar-refractivity contribution in [2.24, 2.45) is 13.0 Å². The first-order chi connectivity index (χ1) is 10.7. The molecule has 0 spiro atoms. The lowest BCUT2D eigenvalue weighted by Crippen LogP contribution is -2.39. The first-order valence-corrected chi connectivity index (χ1v) is 7.99. The lowest BCUT2D eigenvalue weighted by Gasteiger charge is -2.25. The van der Waals surface area contributed by atoms with Gasteiger partial charge in [0.2, 0.25) is 5.91 Å². The van der Waals surface area contributed by atoms with Gasteiger partial charge < -0.3 is 4.90 Å². The Bertz CT molecular complexity index is 662. The molecular weight excluding hydrogens is 278 g/mol. The van der Waals surface area contributed by atoms with Gasteiger partial charge in [-0.3, -0.25) is 14.2 Å². The van der Waals surface area contributed by atoms with Gasteiger partial charge >= 0.3 is 0 Å². The van der Waals surface area contributed by atoms with Crippen LogP contribution in [0.4, 0.5) is 0 Å². The molecule has 0 bridgehead atoms. The predicted octanol–water partition coefficient (Wildman–Crippen LogP) is 1.41. The van der Waals surface area contributed by atoms with E-state index in [2.05, 4.69) is 15.1 Å². The minimum Gasteiger partial charge on any atom is -0.338 e. The van der Waals surface area contributed by atoms with E-state index in [0.29, 0.717) is 17.9 Å². The van der Waals surface area contributed by atoms with Gasteiger partial charge in [0.15, 0.2) is 0 Å². The third-order valence-electron chi connectivity index (χ3n) is 4.88. The van der Waals surface area contributed by atoms with Crippen molar-refractivity contribution in [2.75, 3.05) is 6.54 Å². The van der Waals surface area contributed by atoms with E-state index in [1.54, 1.807) is 6.20 Å². The molecule has 1 aliphatic heterocycles. The van der Waals surface area contributed by atoms with E-state index >= 15 is 0 Å². The Hall–Kier alpha value is -2.11. The second-order valence-electron chi connectivity index (χ2n) is 6.45. The summed E-state index contributed by atoms with van der Waals surface area (Å²) >= 11 is 0. The third-order valence-corrected chi connectivity index (χ3v) is 4.88. The number of rotatable bonds is 4. The van der Waals surface area contributed by atoms with Crippen LogP contribution in [0.2, 0.25) is 0 Å². The molecule has 6 nitrogen and oxygen atoms in total. The fourth-order valence-corrected chi connectivity index (χ4v) is 3.62. The third kappa shape index (κ3) is 2.42. The van der Waals surface area contributed by atoms with Crippen LogP contribution < -0.4 is 0 Å². The molecule has 2 aromatic rings. The highest BCUT2D eigenvalue weighted by atomic mass is 16.2. The zero-order chi connectivity index (χ0) is 15.1. The minimum atomic E-state index is 0.155. The molecule has 3 atom stereocenters. The van der Waals surface area contributed by atoms with Gasteiger partial charge in [-0.2, -0.15) is 10.2 Å². The summed E-state index contributed by atoms with van der Waals surface area (Å²) in [5.41, 5.74) is 1.20. The van der Waals surface area contributed by atoms with Gasteiger partial charge in [-0.15, -0.1) is 0 Å². The van der Waals surface area contributed by atoms with E-state index in [1.807, 2.05) is 41.1 Å². The molecule has 0 N–H and O–H groups in total. The monoisotopic (exact) mass is 299 g/mol. The van der Waals surface area contributed by atoms with Crippen LogP contribution >= 0.6 is 0 Å². The van der Waals surface area contributed by atoms with Crippen molar-refractivity contribution in [1.82, 2.24) is 24.5 Å². The van der Waals surface area contributed by atoms with Crippen LogP contribution in [-0.4, -0.2) is 43.0 Å². The SMILES string of the molecule is Cn1cc([C@@H]2C[C@H]2C(=O)N2CCC[C@@H]2Cn2cccn2)cn1.